The Hall–Kier alpha value is -3.69. The van der Waals surface area contributed by atoms with Crippen LogP contribution in [0.1, 0.15) is 34.7 Å². The third-order valence-electron chi connectivity index (χ3n) is 6.71. The van der Waals surface area contributed by atoms with Gasteiger partial charge in [-0.3, -0.25) is 9.59 Å². The quantitative estimate of drug-likeness (QED) is 0.360. The van der Waals surface area contributed by atoms with Crippen molar-refractivity contribution in [3.05, 3.63) is 101 Å². The molecule has 0 aliphatic carbocycles. The summed E-state index contributed by atoms with van der Waals surface area (Å²) in [6, 6.07) is 21.9. The molecule has 0 heterocycles. The van der Waals surface area contributed by atoms with Gasteiger partial charge < -0.3 is 10.2 Å². The van der Waals surface area contributed by atoms with Gasteiger partial charge in [0.15, 0.2) is 0 Å². The fraction of sp³-hybridized carbons (Fsp3) is 0.355. The highest BCUT2D eigenvalue weighted by atomic mass is 32.2. The van der Waals surface area contributed by atoms with Crippen LogP contribution in [0.2, 0.25) is 0 Å². The molecule has 1 atom stereocenters. The first-order valence-electron chi connectivity index (χ1n) is 13.4. The minimum Gasteiger partial charge on any atom is -0.355 e. The topological polar surface area (TPSA) is 90.0 Å². The van der Waals surface area contributed by atoms with Crippen LogP contribution < -0.4 is 9.62 Å². The van der Waals surface area contributed by atoms with E-state index in [1.807, 2.05) is 94.4 Å². The Bertz CT molecular complexity index is 1420. The molecule has 0 aliphatic heterocycles. The van der Waals surface area contributed by atoms with Crippen LogP contribution in [0.25, 0.3) is 0 Å². The van der Waals surface area contributed by atoms with Crippen molar-refractivity contribution in [1.82, 2.24) is 14.5 Å². The number of hydrogen-bond acceptors (Lipinski definition) is 4. The van der Waals surface area contributed by atoms with Gasteiger partial charge in [-0.1, -0.05) is 72.3 Å². The van der Waals surface area contributed by atoms with Gasteiger partial charge in [0.2, 0.25) is 11.8 Å². The summed E-state index contributed by atoms with van der Waals surface area (Å²) >= 11 is 0. The van der Waals surface area contributed by atoms with Crippen LogP contribution in [0.15, 0.2) is 72.8 Å². The predicted molar refractivity (Wildman–Crippen MR) is 160 cm³/mol. The van der Waals surface area contributed by atoms with Crippen LogP contribution in [0.3, 0.4) is 0 Å². The van der Waals surface area contributed by atoms with Crippen molar-refractivity contribution in [2.45, 2.75) is 46.7 Å². The van der Waals surface area contributed by atoms with E-state index in [1.54, 1.807) is 6.07 Å². The molecule has 0 bridgehead atoms. The Morgan fingerprint density at radius 1 is 0.850 bits per heavy atom. The Balaban J connectivity index is 2.11. The Labute approximate surface area is 238 Å². The molecular formula is C31H40N4O4S. The fourth-order valence-corrected chi connectivity index (χ4v) is 5.66. The second-order valence-electron chi connectivity index (χ2n) is 10.2. The molecule has 0 spiro atoms. The zero-order valence-corrected chi connectivity index (χ0v) is 25.0. The molecule has 40 heavy (non-hydrogen) atoms. The van der Waals surface area contributed by atoms with Crippen molar-refractivity contribution in [3.8, 4) is 0 Å². The molecule has 0 saturated carbocycles. The van der Waals surface area contributed by atoms with Gasteiger partial charge in [-0.15, -0.1) is 0 Å². The Morgan fingerprint density at radius 2 is 1.50 bits per heavy atom. The third-order valence-corrected chi connectivity index (χ3v) is 8.52. The number of nitrogens with zero attached hydrogens (tertiary/aromatic N) is 3. The number of anilines is 1. The molecule has 0 saturated heterocycles. The second kappa shape index (κ2) is 13.6. The van der Waals surface area contributed by atoms with Crippen molar-refractivity contribution in [1.29, 1.82) is 0 Å². The molecule has 2 amide bonds. The summed E-state index contributed by atoms with van der Waals surface area (Å²) in [6.07, 6.45) is 0.286. The molecule has 3 aromatic rings. The van der Waals surface area contributed by atoms with Gasteiger partial charge in [0.25, 0.3) is 0 Å². The van der Waals surface area contributed by atoms with Gasteiger partial charge in [-0.05, 0) is 56.0 Å². The van der Waals surface area contributed by atoms with Crippen molar-refractivity contribution >= 4 is 27.7 Å². The summed E-state index contributed by atoms with van der Waals surface area (Å²) in [5.41, 5.74) is 4.79. The molecule has 9 heteroatoms. The van der Waals surface area contributed by atoms with Crippen LogP contribution in [-0.4, -0.2) is 62.7 Å². The van der Waals surface area contributed by atoms with E-state index in [0.717, 1.165) is 36.4 Å². The third kappa shape index (κ3) is 7.70. The largest absolute Gasteiger partial charge is 0.355 e. The minimum absolute atomic E-state index is 0.151. The lowest BCUT2D eigenvalue weighted by atomic mass is 10.0. The van der Waals surface area contributed by atoms with Crippen LogP contribution in [-0.2, 0) is 32.8 Å². The van der Waals surface area contributed by atoms with E-state index in [4.69, 9.17) is 0 Å². The number of likely N-dealkylation sites (N-methyl/N-ethyl adjacent to an activating group) is 1. The van der Waals surface area contributed by atoms with E-state index in [-0.39, 0.29) is 18.9 Å². The van der Waals surface area contributed by atoms with Gasteiger partial charge in [-0.25, -0.2) is 4.31 Å². The monoisotopic (exact) mass is 564 g/mol. The van der Waals surface area contributed by atoms with E-state index in [9.17, 15) is 18.0 Å². The van der Waals surface area contributed by atoms with Crippen molar-refractivity contribution in [2.24, 2.45) is 0 Å². The fourth-order valence-electron chi connectivity index (χ4n) is 4.54. The zero-order chi connectivity index (χ0) is 29.4. The average Bonchev–Trinajstić information content (AvgIpc) is 2.91. The summed E-state index contributed by atoms with van der Waals surface area (Å²) < 4.78 is 29.3. The normalized spacial score (nSPS) is 12.2. The number of nitrogens with one attached hydrogen (secondary N) is 1. The van der Waals surface area contributed by atoms with Crippen molar-refractivity contribution in [3.63, 3.8) is 0 Å². The second-order valence-corrected chi connectivity index (χ2v) is 12.3. The molecule has 3 rings (SSSR count). The SMILES string of the molecule is CCNC(=O)C(Cc1ccccc1)N(Cc1cccc(C)c1)C(=O)CN(c1cc(C)ccc1C)S(=O)(=O)N(C)C. The number of aryl methyl sites for hydroxylation is 3. The van der Waals surface area contributed by atoms with Gasteiger partial charge in [0.05, 0.1) is 5.69 Å². The summed E-state index contributed by atoms with van der Waals surface area (Å²) in [4.78, 5) is 29.2. The van der Waals surface area contributed by atoms with Gasteiger partial charge >= 0.3 is 10.2 Å². The van der Waals surface area contributed by atoms with Gasteiger partial charge in [0, 0.05) is 33.6 Å². The molecule has 214 valence electrons. The van der Waals surface area contributed by atoms with Gasteiger partial charge in [0.1, 0.15) is 12.6 Å². The number of rotatable bonds is 12. The number of carbonyl (C=O) groups is 2. The number of benzene rings is 3. The lowest BCUT2D eigenvalue weighted by Crippen LogP contribution is -2.54. The number of amides is 2. The van der Waals surface area contributed by atoms with Crippen molar-refractivity contribution < 1.29 is 18.0 Å². The van der Waals surface area contributed by atoms with Crippen LogP contribution >= 0.6 is 0 Å². The molecule has 3 aromatic carbocycles. The maximum absolute atomic E-state index is 14.2. The summed E-state index contributed by atoms with van der Waals surface area (Å²) in [6.45, 7) is 7.58. The number of carbonyl (C=O) groups excluding carboxylic acids is 2. The van der Waals surface area contributed by atoms with E-state index in [1.165, 1.54) is 19.0 Å². The van der Waals surface area contributed by atoms with Crippen LogP contribution in [0, 0.1) is 20.8 Å². The Kier molecular flexibility index (Phi) is 10.5. The van der Waals surface area contributed by atoms with Gasteiger partial charge in [-0.2, -0.15) is 12.7 Å². The molecule has 0 fully saturated rings. The molecular weight excluding hydrogens is 524 g/mol. The van der Waals surface area contributed by atoms with E-state index < -0.39 is 28.7 Å². The van der Waals surface area contributed by atoms with Crippen molar-refractivity contribution in [2.75, 3.05) is 31.5 Å². The predicted octanol–water partition coefficient (Wildman–Crippen LogP) is 4.00. The summed E-state index contributed by atoms with van der Waals surface area (Å²) in [5.74, 6) is -0.763. The lowest BCUT2D eigenvalue weighted by molar-refractivity contribution is -0.140. The summed E-state index contributed by atoms with van der Waals surface area (Å²) in [7, 11) is -1.16. The Morgan fingerprint density at radius 3 is 2.12 bits per heavy atom. The minimum atomic E-state index is -4.04. The highest BCUT2D eigenvalue weighted by Crippen LogP contribution is 2.26. The molecule has 8 nitrogen and oxygen atoms in total. The summed E-state index contributed by atoms with van der Waals surface area (Å²) in [5, 5.41) is 2.88. The lowest BCUT2D eigenvalue weighted by Gasteiger charge is -2.35. The zero-order valence-electron chi connectivity index (χ0n) is 24.2. The molecule has 0 aromatic heterocycles. The maximum atomic E-state index is 14.2. The van der Waals surface area contributed by atoms with Crippen LogP contribution in [0.4, 0.5) is 5.69 Å². The first kappa shape index (κ1) is 30.8. The first-order valence-corrected chi connectivity index (χ1v) is 14.8. The highest BCUT2D eigenvalue weighted by molar-refractivity contribution is 7.90. The maximum Gasteiger partial charge on any atom is 0.304 e. The molecule has 0 radical (unpaired) electrons. The smallest absolute Gasteiger partial charge is 0.304 e. The standard InChI is InChI=1S/C31H40N4O4S/c1-7-32-31(37)29(20-26-13-9-8-10-14-26)34(21-27-15-11-12-23(2)18-27)30(36)22-35(40(38,39)33(5)6)28-19-24(3)16-17-25(28)4/h8-19,29H,7,20-22H2,1-6H3,(H,32,37). The van der Waals surface area contributed by atoms with E-state index in [0.29, 0.717) is 12.2 Å². The van der Waals surface area contributed by atoms with E-state index in [2.05, 4.69) is 5.32 Å². The number of hydrogen-bond donors (Lipinski definition) is 1. The average molecular weight is 565 g/mol. The van der Waals surface area contributed by atoms with E-state index >= 15 is 0 Å². The molecule has 1 N–H and O–H groups in total. The van der Waals surface area contributed by atoms with Crippen LogP contribution in [0.5, 0.6) is 0 Å². The first-order chi connectivity index (χ1) is 18.9. The molecule has 0 aliphatic rings. The highest BCUT2D eigenvalue weighted by Gasteiger charge is 2.35. The molecule has 1 unspecified atom stereocenters.